The summed E-state index contributed by atoms with van der Waals surface area (Å²) in [5.74, 6) is -1.13. The molecule has 1 unspecified atom stereocenters. The molecule has 15 heavy (non-hydrogen) atoms. The van der Waals surface area contributed by atoms with Crippen molar-refractivity contribution in [2.24, 2.45) is 0 Å². The lowest BCUT2D eigenvalue weighted by atomic mass is 10.2. The zero-order valence-electron chi connectivity index (χ0n) is 7.98. The molecule has 0 aromatic heterocycles. The van der Waals surface area contributed by atoms with E-state index in [1.807, 2.05) is 0 Å². The van der Waals surface area contributed by atoms with Crippen LogP contribution < -0.4 is 10.6 Å². The van der Waals surface area contributed by atoms with E-state index in [-0.39, 0.29) is 18.4 Å². The molecule has 0 fully saturated rings. The van der Waals surface area contributed by atoms with Gasteiger partial charge in [-0.1, -0.05) is 34.8 Å². The molecule has 1 atom stereocenters. The summed E-state index contributed by atoms with van der Waals surface area (Å²) in [6.45, 7) is -0.00989. The molecular formula is C8H11Cl3N2O2. The van der Waals surface area contributed by atoms with E-state index in [9.17, 15) is 0 Å². The van der Waals surface area contributed by atoms with Gasteiger partial charge < -0.3 is 15.2 Å². The highest BCUT2D eigenvalue weighted by molar-refractivity contribution is 6.41. The highest BCUT2D eigenvalue weighted by atomic mass is 35.5. The van der Waals surface area contributed by atoms with Gasteiger partial charge in [-0.3, -0.25) is 5.32 Å². The molecule has 0 saturated carbocycles. The fourth-order valence-electron chi connectivity index (χ4n) is 1.11. The number of halogens is 3. The molecule has 0 aromatic rings. The van der Waals surface area contributed by atoms with Crippen LogP contribution in [0, 0.1) is 0 Å². The maximum atomic E-state index is 8.70. The summed E-state index contributed by atoms with van der Waals surface area (Å²) >= 11 is 17.6. The van der Waals surface area contributed by atoms with E-state index in [0.29, 0.717) is 10.1 Å². The molecule has 86 valence electrons. The lowest BCUT2D eigenvalue weighted by Crippen LogP contribution is -2.58. The van der Waals surface area contributed by atoms with Gasteiger partial charge in [-0.15, -0.1) is 0 Å². The molecule has 1 heterocycles. The van der Waals surface area contributed by atoms with E-state index in [4.69, 9.17) is 44.6 Å². The van der Waals surface area contributed by atoms with Crippen molar-refractivity contribution in [2.75, 3.05) is 20.3 Å². The molecule has 0 radical (unpaired) electrons. The van der Waals surface area contributed by atoms with Crippen LogP contribution in [0.15, 0.2) is 21.3 Å². The molecule has 3 N–H and O–H groups in total. The Bertz CT molecular complexity index is 306. The van der Waals surface area contributed by atoms with Crippen LogP contribution in [0.25, 0.3) is 0 Å². The maximum Gasteiger partial charge on any atom is 0.234 e. The molecule has 7 heteroatoms. The summed E-state index contributed by atoms with van der Waals surface area (Å²) < 4.78 is 5.35. The quantitative estimate of drug-likeness (QED) is 0.533. The Hall–Kier alpha value is 0.0300. The highest BCUT2D eigenvalue weighted by Gasteiger charge is 2.36. The Balaban J connectivity index is 2.89. The summed E-state index contributed by atoms with van der Waals surface area (Å²) in [6.07, 6.45) is 1.48. The van der Waals surface area contributed by atoms with Gasteiger partial charge in [-0.25, -0.2) is 0 Å². The topological polar surface area (TPSA) is 53.5 Å². The first-order chi connectivity index (χ1) is 7.05. The minimum atomic E-state index is -1.13. The lowest BCUT2D eigenvalue weighted by Gasteiger charge is -2.36. The summed E-state index contributed by atoms with van der Waals surface area (Å²) in [4.78, 5) is 0. The van der Waals surface area contributed by atoms with Crippen molar-refractivity contribution < 1.29 is 9.84 Å². The Kier molecular flexibility index (Phi) is 4.70. The molecule has 0 saturated heterocycles. The van der Waals surface area contributed by atoms with Crippen LogP contribution in [-0.2, 0) is 4.74 Å². The number of ether oxygens (including phenoxy) is 1. The monoisotopic (exact) mass is 272 g/mol. The molecule has 0 spiro atoms. The molecule has 0 amide bonds. The van der Waals surface area contributed by atoms with E-state index in [2.05, 4.69) is 10.6 Å². The number of hydrogen-bond acceptors (Lipinski definition) is 4. The maximum absolute atomic E-state index is 8.70. The summed E-state index contributed by atoms with van der Waals surface area (Å²) in [7, 11) is 1.64. The Morgan fingerprint density at radius 1 is 1.53 bits per heavy atom. The smallest absolute Gasteiger partial charge is 0.234 e. The molecular weight excluding hydrogens is 262 g/mol. The minimum absolute atomic E-state index is 0.111. The number of aliphatic hydroxyl groups excluding tert-OH is 1. The molecule has 0 aromatic carbocycles. The molecule has 1 aliphatic rings. The fourth-order valence-corrected chi connectivity index (χ4v) is 1.81. The van der Waals surface area contributed by atoms with Crippen molar-refractivity contribution in [3.05, 3.63) is 21.3 Å². The predicted molar refractivity (Wildman–Crippen MR) is 60.6 cm³/mol. The standard InChI is InChI=1S/C8H11Cl3N2O2/c1-12-8(15-3-2-14)6(10)4-5(9)7(11)13-8/h4,12-14H,2-3H2,1H3. The van der Waals surface area contributed by atoms with Crippen molar-refractivity contribution in [3.63, 3.8) is 0 Å². The SMILES string of the molecule is CNC1(OCCO)NC(Cl)=C(Cl)C=C1Cl. The number of hydrogen-bond donors (Lipinski definition) is 3. The summed E-state index contributed by atoms with van der Waals surface area (Å²) in [6, 6.07) is 0. The van der Waals surface area contributed by atoms with Crippen LogP contribution in [0.4, 0.5) is 0 Å². The van der Waals surface area contributed by atoms with Gasteiger partial charge in [0.2, 0.25) is 5.85 Å². The lowest BCUT2D eigenvalue weighted by molar-refractivity contribution is -0.0620. The largest absolute Gasteiger partial charge is 0.394 e. The van der Waals surface area contributed by atoms with Crippen molar-refractivity contribution in [1.29, 1.82) is 0 Å². The van der Waals surface area contributed by atoms with Gasteiger partial charge in [-0.05, 0) is 13.1 Å². The van der Waals surface area contributed by atoms with Gasteiger partial charge in [0.15, 0.2) is 0 Å². The van der Waals surface area contributed by atoms with Crippen molar-refractivity contribution in [2.45, 2.75) is 5.85 Å². The zero-order valence-corrected chi connectivity index (χ0v) is 10.2. The second-order valence-corrected chi connectivity index (χ2v) is 3.97. The van der Waals surface area contributed by atoms with Gasteiger partial charge in [0.1, 0.15) is 5.16 Å². The fraction of sp³-hybridized carbons (Fsp3) is 0.500. The number of aliphatic hydroxyl groups is 1. The first-order valence-corrected chi connectivity index (χ1v) is 5.34. The molecule has 4 nitrogen and oxygen atoms in total. The number of allylic oxidation sites excluding steroid dienone is 2. The van der Waals surface area contributed by atoms with E-state index in [1.54, 1.807) is 7.05 Å². The number of rotatable bonds is 4. The van der Waals surface area contributed by atoms with Crippen LogP contribution >= 0.6 is 34.8 Å². The van der Waals surface area contributed by atoms with Crippen LogP contribution in [0.5, 0.6) is 0 Å². The van der Waals surface area contributed by atoms with Crippen molar-refractivity contribution in [1.82, 2.24) is 10.6 Å². The minimum Gasteiger partial charge on any atom is -0.394 e. The van der Waals surface area contributed by atoms with E-state index < -0.39 is 5.85 Å². The summed E-state index contributed by atoms with van der Waals surface area (Å²) in [5, 5.41) is 15.2. The first-order valence-electron chi connectivity index (χ1n) is 4.20. The third-order valence-electron chi connectivity index (χ3n) is 1.85. The number of dihydropyridines is 1. The second-order valence-electron chi connectivity index (χ2n) is 2.78. The summed E-state index contributed by atoms with van der Waals surface area (Å²) in [5.41, 5.74) is 0. The zero-order chi connectivity index (χ0) is 11.5. The van der Waals surface area contributed by atoms with Crippen LogP contribution in [0.2, 0.25) is 0 Å². The number of nitrogens with one attached hydrogen (secondary N) is 2. The van der Waals surface area contributed by atoms with Gasteiger partial charge in [0.05, 0.1) is 23.3 Å². The third kappa shape index (κ3) is 2.78. The average molecular weight is 274 g/mol. The molecule has 0 aliphatic carbocycles. The van der Waals surface area contributed by atoms with Gasteiger partial charge >= 0.3 is 0 Å². The third-order valence-corrected chi connectivity index (χ3v) is 2.92. The Morgan fingerprint density at radius 3 is 2.73 bits per heavy atom. The first kappa shape index (κ1) is 13.1. The van der Waals surface area contributed by atoms with Crippen LogP contribution in [0.1, 0.15) is 0 Å². The van der Waals surface area contributed by atoms with E-state index in [1.165, 1.54) is 6.08 Å². The highest BCUT2D eigenvalue weighted by Crippen LogP contribution is 2.30. The Morgan fingerprint density at radius 2 is 2.20 bits per heavy atom. The molecule has 1 rings (SSSR count). The molecule has 1 aliphatic heterocycles. The van der Waals surface area contributed by atoms with E-state index in [0.717, 1.165) is 0 Å². The van der Waals surface area contributed by atoms with Gasteiger partial charge in [-0.2, -0.15) is 0 Å². The van der Waals surface area contributed by atoms with Gasteiger partial charge in [0.25, 0.3) is 0 Å². The average Bonchev–Trinajstić information content (AvgIpc) is 2.22. The van der Waals surface area contributed by atoms with Crippen molar-refractivity contribution in [3.8, 4) is 0 Å². The predicted octanol–water partition coefficient (Wildman–Crippen LogP) is 1.24. The van der Waals surface area contributed by atoms with Crippen molar-refractivity contribution >= 4 is 34.8 Å². The normalized spacial score (nSPS) is 26.3. The molecule has 0 bridgehead atoms. The van der Waals surface area contributed by atoms with E-state index >= 15 is 0 Å². The Labute approximate surface area is 103 Å². The van der Waals surface area contributed by atoms with Crippen LogP contribution in [0.3, 0.4) is 0 Å². The number of likely N-dealkylation sites (N-methyl/N-ethyl adjacent to an activating group) is 1. The second kappa shape index (κ2) is 5.39. The van der Waals surface area contributed by atoms with Crippen LogP contribution in [-0.4, -0.2) is 31.2 Å². The van der Waals surface area contributed by atoms with Gasteiger partial charge in [0, 0.05) is 0 Å².